The van der Waals surface area contributed by atoms with Gasteiger partial charge in [-0.2, -0.15) is 0 Å². The van der Waals surface area contributed by atoms with E-state index in [9.17, 15) is 0 Å². The number of allylic oxidation sites excluding steroid dienone is 4. The Bertz CT molecular complexity index is 207. The zero-order valence-electron chi connectivity index (χ0n) is 8.16. The van der Waals surface area contributed by atoms with E-state index in [1.807, 2.05) is 0 Å². The fourth-order valence-electron chi connectivity index (χ4n) is 1.35. The van der Waals surface area contributed by atoms with Crippen LogP contribution in [0.5, 0.6) is 0 Å². The molecule has 0 nitrogen and oxygen atoms in total. The first-order valence-corrected chi connectivity index (χ1v) is 5.14. The van der Waals surface area contributed by atoms with E-state index in [0.717, 1.165) is 0 Å². The van der Waals surface area contributed by atoms with Gasteiger partial charge in [-0.1, -0.05) is 0 Å². The quantitative estimate of drug-likeness (QED) is 0.335. The molecule has 0 radical (unpaired) electrons. The number of hydrogen-bond donors (Lipinski definition) is 0. The Morgan fingerprint density at radius 3 is 2.38 bits per heavy atom. The average Bonchev–Trinajstić information content (AvgIpc) is 2.31. The normalized spacial score (nSPS) is 14.9. The first kappa shape index (κ1) is 17.1. The summed E-state index contributed by atoms with van der Waals surface area (Å²) in [5, 5.41) is 0. The van der Waals surface area contributed by atoms with Gasteiger partial charge in [0, 0.05) is 0 Å². The monoisotopic (exact) mass is 437 g/mol. The summed E-state index contributed by atoms with van der Waals surface area (Å²) in [6.07, 6.45) is 7.53. The Morgan fingerprint density at radius 2 is 2.00 bits per heavy atom. The van der Waals surface area contributed by atoms with E-state index in [1.54, 1.807) is 15.0 Å². The molecule has 73 valence electrons. The van der Waals surface area contributed by atoms with Crippen LogP contribution in [-0.4, -0.2) is 0 Å². The van der Waals surface area contributed by atoms with Crippen molar-refractivity contribution in [1.29, 1.82) is 0 Å². The second-order valence-corrected chi connectivity index (χ2v) is 3.97. The van der Waals surface area contributed by atoms with E-state index >= 15 is 0 Å². The van der Waals surface area contributed by atoms with Crippen LogP contribution in [0, 0.1) is 0 Å². The third-order valence-corrected chi connectivity index (χ3v) is 3.37. The molecule has 0 unspecified atom stereocenters. The van der Waals surface area contributed by atoms with Crippen molar-refractivity contribution in [3.8, 4) is 0 Å². The second-order valence-electron chi connectivity index (χ2n) is 3.19. The largest absolute Gasteiger partial charge is 1.00 e. The van der Waals surface area contributed by atoms with E-state index in [-0.39, 0.29) is 48.0 Å². The van der Waals surface area contributed by atoms with Gasteiger partial charge >= 0.3 is 81.1 Å². The van der Waals surface area contributed by atoms with E-state index in [0.29, 0.717) is 0 Å². The van der Waals surface area contributed by atoms with Crippen LogP contribution in [0.2, 0.25) is 0 Å². The van der Waals surface area contributed by atoms with Crippen molar-refractivity contribution in [2.45, 2.75) is 39.5 Å². The summed E-state index contributed by atoms with van der Waals surface area (Å²) in [4.78, 5) is 0. The van der Waals surface area contributed by atoms with Gasteiger partial charge in [-0.15, -0.1) is 0 Å². The number of unbranched alkanes of at least 4 members (excludes halogenated alkanes) is 1. The van der Waals surface area contributed by atoms with Crippen LogP contribution in [0.3, 0.4) is 0 Å². The van der Waals surface area contributed by atoms with E-state index < -0.39 is 0 Å². The molecule has 0 N–H and O–H groups in total. The summed E-state index contributed by atoms with van der Waals surface area (Å²) in [6, 6.07) is 0. The molecule has 13 heavy (non-hydrogen) atoms. The topological polar surface area (TPSA) is 0 Å². The van der Waals surface area contributed by atoms with E-state index in [4.69, 9.17) is 0 Å². The zero-order chi connectivity index (χ0) is 8.27. The van der Waals surface area contributed by atoms with Crippen molar-refractivity contribution in [1.82, 2.24) is 0 Å². The van der Waals surface area contributed by atoms with Crippen LogP contribution in [0.15, 0.2) is 21.1 Å². The Morgan fingerprint density at radius 1 is 1.38 bits per heavy atom. The van der Waals surface area contributed by atoms with Crippen molar-refractivity contribution in [3.63, 3.8) is 0 Å². The van der Waals surface area contributed by atoms with Gasteiger partial charge in [0.1, 0.15) is 0 Å². The number of hydrogen-bond acceptors (Lipinski definition) is 0. The van der Waals surface area contributed by atoms with Gasteiger partial charge in [0.25, 0.3) is 0 Å². The molecule has 0 aromatic rings. The minimum Gasteiger partial charge on any atom is -1.00 e. The molecule has 0 heterocycles. The molecule has 0 saturated heterocycles. The number of halogens is 2. The molecule has 0 amide bonds. The van der Waals surface area contributed by atoms with Gasteiger partial charge in [0.05, 0.1) is 0 Å². The van der Waals surface area contributed by atoms with Gasteiger partial charge in [0.15, 0.2) is 0 Å². The maximum absolute atomic E-state index is 2.39. The van der Waals surface area contributed by atoms with Crippen LogP contribution in [0.4, 0.5) is 0 Å². The Balaban J connectivity index is 0. The minimum atomic E-state index is 0. The minimum absolute atomic E-state index is 0. The smallest absolute Gasteiger partial charge is 1.00 e. The fourth-order valence-corrected chi connectivity index (χ4v) is 1.86. The molecule has 1 aliphatic carbocycles. The van der Waals surface area contributed by atoms with Crippen LogP contribution in [-0.2, 0) is 20.4 Å². The van der Waals surface area contributed by atoms with Gasteiger partial charge < -0.3 is 48.0 Å². The molecule has 0 bridgehead atoms. The second kappa shape index (κ2) is 8.92. The maximum atomic E-state index is 2.39. The first-order chi connectivity index (χ1) is 5.25. The molecule has 1 aliphatic rings. The molecule has 3 heteroatoms. The first-order valence-electron chi connectivity index (χ1n) is 4.36. The fraction of sp³-hybridized carbons (Fsp3) is 0.600. The molecular weight excluding hydrogens is 422 g/mol. The standard InChI is InChI=1S/C10H15.2HI.Ti/c1-3-4-5-10-7-6-9(2)8-10;;;/h7H,3-6H2,1-2H3;2*1H;/q;;;+2/p-2. The molecule has 0 saturated carbocycles. The summed E-state index contributed by atoms with van der Waals surface area (Å²) in [5.74, 6) is 0. The summed E-state index contributed by atoms with van der Waals surface area (Å²) < 4.78 is 1.55. The molecule has 0 atom stereocenters. The van der Waals surface area contributed by atoms with Gasteiger partial charge in [-0.05, 0) is 0 Å². The van der Waals surface area contributed by atoms with Crippen molar-refractivity contribution in [2.24, 2.45) is 0 Å². The van der Waals surface area contributed by atoms with Crippen LogP contribution in [0.1, 0.15) is 39.5 Å². The van der Waals surface area contributed by atoms with Crippen molar-refractivity contribution >= 4 is 0 Å². The Hall–Kier alpha value is 1.65. The summed E-state index contributed by atoms with van der Waals surface area (Å²) in [5.41, 5.74) is 3.17. The van der Waals surface area contributed by atoms with Crippen LogP contribution >= 0.6 is 0 Å². The SMILES string of the molecule is CCCCC1=CCC(C)=[C]1[Ti+2].[I-].[I-]. The Labute approximate surface area is 127 Å². The summed E-state index contributed by atoms with van der Waals surface area (Å²) in [7, 11) is 0. The van der Waals surface area contributed by atoms with E-state index in [2.05, 4.69) is 40.4 Å². The van der Waals surface area contributed by atoms with Crippen LogP contribution in [0.25, 0.3) is 0 Å². The molecule has 0 fully saturated rings. The number of rotatable bonds is 3. The average molecular weight is 437 g/mol. The third kappa shape index (κ3) is 5.33. The molecule has 0 aromatic heterocycles. The van der Waals surface area contributed by atoms with Crippen molar-refractivity contribution < 1.29 is 68.4 Å². The molecule has 0 aromatic carbocycles. The molecule has 0 aliphatic heterocycles. The molecule has 0 spiro atoms. The predicted octanol–water partition coefficient (Wildman–Crippen LogP) is -2.66. The Kier molecular flexibility index (Phi) is 11.7. The van der Waals surface area contributed by atoms with Gasteiger partial charge in [0.2, 0.25) is 0 Å². The van der Waals surface area contributed by atoms with Gasteiger partial charge in [-0.25, -0.2) is 0 Å². The zero-order valence-corrected chi connectivity index (χ0v) is 14.0. The van der Waals surface area contributed by atoms with Crippen molar-refractivity contribution in [3.05, 3.63) is 21.1 Å². The summed E-state index contributed by atoms with van der Waals surface area (Å²) >= 11 is 2.25. The van der Waals surface area contributed by atoms with Gasteiger partial charge in [-0.3, -0.25) is 0 Å². The molecule has 1 rings (SSSR count). The van der Waals surface area contributed by atoms with Crippen molar-refractivity contribution in [2.75, 3.05) is 0 Å². The third-order valence-electron chi connectivity index (χ3n) is 2.20. The maximum Gasteiger partial charge on any atom is -1.00 e. The molecular formula is C10H15I2Ti. The summed E-state index contributed by atoms with van der Waals surface area (Å²) in [6.45, 7) is 4.49. The predicted molar refractivity (Wildman–Crippen MR) is 44.9 cm³/mol. The van der Waals surface area contributed by atoms with E-state index in [1.165, 1.54) is 25.7 Å². The van der Waals surface area contributed by atoms with Crippen LogP contribution < -0.4 is 48.0 Å².